The Kier molecular flexibility index (Phi) is 16.5. The lowest BCUT2D eigenvalue weighted by molar-refractivity contribution is 0.470. The molecule has 0 amide bonds. The van der Waals surface area contributed by atoms with Crippen molar-refractivity contribution >= 4 is 0 Å². The number of aryl methyl sites for hydroxylation is 2. The first kappa shape index (κ1) is 30.9. The molecule has 0 atom stereocenters. The number of benzene rings is 2. The molecule has 0 aliphatic heterocycles. The van der Waals surface area contributed by atoms with Gasteiger partial charge in [0.15, 0.2) is 0 Å². The minimum absolute atomic E-state index is 0.844. The second-order valence-electron chi connectivity index (χ2n) is 10.6. The normalized spacial score (nSPS) is 11.0. The second-order valence-corrected chi connectivity index (χ2v) is 10.6. The molecule has 0 radical (unpaired) electrons. The van der Waals surface area contributed by atoms with Crippen LogP contribution in [0.2, 0.25) is 0 Å². The van der Waals surface area contributed by atoms with Crippen LogP contribution in [-0.2, 0) is 25.7 Å². The van der Waals surface area contributed by atoms with Crippen LogP contribution >= 0.6 is 0 Å². The molecule has 0 saturated carbocycles. The van der Waals surface area contributed by atoms with Gasteiger partial charge in [-0.15, -0.1) is 13.2 Å². The van der Waals surface area contributed by atoms with Gasteiger partial charge in [0.05, 0.1) is 0 Å². The highest BCUT2D eigenvalue weighted by molar-refractivity contribution is 5.48. The van der Waals surface area contributed by atoms with Gasteiger partial charge in [0.2, 0.25) is 0 Å². The standard InChI is InChI=1S/C36H54O/c1-5-9-11-13-15-17-19-25-31-27-21-29-35(33(31)23-7-3)37-36-30-22-28-32(34(36)24-8-4)26-20-18-16-14-12-10-6-2/h7-8,21-22,27-30H,3-6,9-20,23-26H2,1-2H3. The number of ether oxygens (including phenoxy) is 1. The molecular formula is C36H54O. The summed E-state index contributed by atoms with van der Waals surface area (Å²) in [6.07, 6.45) is 26.6. The third kappa shape index (κ3) is 11.8. The molecule has 2 aromatic carbocycles. The van der Waals surface area contributed by atoms with Crippen LogP contribution in [0.5, 0.6) is 11.5 Å². The number of unbranched alkanes of at least 4 members (excludes halogenated alkanes) is 12. The van der Waals surface area contributed by atoms with Gasteiger partial charge in [-0.25, -0.2) is 0 Å². The summed E-state index contributed by atoms with van der Waals surface area (Å²) in [5.41, 5.74) is 5.42. The zero-order valence-electron chi connectivity index (χ0n) is 24.2. The second kappa shape index (κ2) is 19.8. The van der Waals surface area contributed by atoms with Crippen LogP contribution in [0.25, 0.3) is 0 Å². The lowest BCUT2D eigenvalue weighted by Gasteiger charge is -2.18. The number of allylic oxidation sites excluding steroid dienone is 2. The fraction of sp³-hybridized carbons (Fsp3) is 0.556. The summed E-state index contributed by atoms with van der Waals surface area (Å²) in [6, 6.07) is 13.2. The van der Waals surface area contributed by atoms with E-state index in [-0.39, 0.29) is 0 Å². The first-order chi connectivity index (χ1) is 18.2. The van der Waals surface area contributed by atoms with Crippen molar-refractivity contribution in [2.24, 2.45) is 0 Å². The zero-order chi connectivity index (χ0) is 26.6. The predicted molar refractivity (Wildman–Crippen MR) is 164 cm³/mol. The number of rotatable bonds is 22. The van der Waals surface area contributed by atoms with Crippen molar-refractivity contribution < 1.29 is 4.74 Å². The van der Waals surface area contributed by atoms with E-state index in [0.29, 0.717) is 0 Å². The summed E-state index contributed by atoms with van der Waals surface area (Å²) in [5.74, 6) is 1.97. The summed E-state index contributed by atoms with van der Waals surface area (Å²) >= 11 is 0. The summed E-state index contributed by atoms with van der Waals surface area (Å²) in [6.45, 7) is 12.6. The van der Waals surface area contributed by atoms with Crippen molar-refractivity contribution in [2.45, 2.75) is 129 Å². The van der Waals surface area contributed by atoms with Crippen LogP contribution in [0, 0.1) is 0 Å². The molecular weight excluding hydrogens is 448 g/mol. The molecule has 0 heterocycles. The van der Waals surface area contributed by atoms with E-state index in [1.165, 1.54) is 112 Å². The first-order valence-corrected chi connectivity index (χ1v) is 15.4. The van der Waals surface area contributed by atoms with Gasteiger partial charge in [-0.05, 0) is 61.8 Å². The van der Waals surface area contributed by atoms with Crippen LogP contribution in [0.15, 0.2) is 61.7 Å². The number of hydrogen-bond donors (Lipinski definition) is 0. The van der Waals surface area contributed by atoms with Crippen molar-refractivity contribution in [3.8, 4) is 11.5 Å². The Balaban J connectivity index is 2.07. The molecule has 1 heteroatoms. The Labute approximate surface area is 229 Å². The smallest absolute Gasteiger partial charge is 0.131 e. The van der Waals surface area contributed by atoms with Gasteiger partial charge in [0.1, 0.15) is 11.5 Å². The van der Waals surface area contributed by atoms with Crippen LogP contribution in [0.1, 0.15) is 126 Å². The lowest BCUT2D eigenvalue weighted by Crippen LogP contribution is -2.01. The Bertz CT molecular complexity index is 820. The average Bonchev–Trinajstić information content (AvgIpc) is 2.91. The van der Waals surface area contributed by atoms with Gasteiger partial charge in [0.25, 0.3) is 0 Å². The topological polar surface area (TPSA) is 9.23 Å². The van der Waals surface area contributed by atoms with E-state index in [1.807, 2.05) is 12.2 Å². The zero-order valence-corrected chi connectivity index (χ0v) is 24.2. The highest BCUT2D eigenvalue weighted by Gasteiger charge is 2.14. The van der Waals surface area contributed by atoms with Crippen LogP contribution < -0.4 is 4.74 Å². The molecule has 204 valence electrons. The van der Waals surface area contributed by atoms with Crippen molar-refractivity contribution in [3.05, 3.63) is 84.0 Å². The van der Waals surface area contributed by atoms with E-state index in [2.05, 4.69) is 63.4 Å². The van der Waals surface area contributed by atoms with E-state index in [9.17, 15) is 0 Å². The third-order valence-corrected chi connectivity index (χ3v) is 7.48. The van der Waals surface area contributed by atoms with Crippen molar-refractivity contribution in [1.82, 2.24) is 0 Å². The van der Waals surface area contributed by atoms with E-state index in [4.69, 9.17) is 4.74 Å². The lowest BCUT2D eigenvalue weighted by atomic mass is 9.96. The summed E-state index contributed by atoms with van der Waals surface area (Å²) in [5, 5.41) is 0. The van der Waals surface area contributed by atoms with Crippen LogP contribution in [0.3, 0.4) is 0 Å². The molecule has 0 saturated heterocycles. The highest BCUT2D eigenvalue weighted by atomic mass is 16.5. The molecule has 0 aliphatic carbocycles. The van der Waals surface area contributed by atoms with Gasteiger partial charge in [-0.2, -0.15) is 0 Å². The molecule has 0 aromatic heterocycles. The largest absolute Gasteiger partial charge is 0.457 e. The maximum absolute atomic E-state index is 6.68. The monoisotopic (exact) mass is 502 g/mol. The molecule has 0 bridgehead atoms. The number of hydrogen-bond acceptors (Lipinski definition) is 1. The first-order valence-electron chi connectivity index (χ1n) is 15.4. The van der Waals surface area contributed by atoms with E-state index in [0.717, 1.165) is 37.2 Å². The van der Waals surface area contributed by atoms with Gasteiger partial charge < -0.3 is 4.74 Å². The molecule has 0 aliphatic rings. The molecule has 0 N–H and O–H groups in total. The van der Waals surface area contributed by atoms with Crippen LogP contribution in [0.4, 0.5) is 0 Å². The van der Waals surface area contributed by atoms with E-state index >= 15 is 0 Å². The molecule has 37 heavy (non-hydrogen) atoms. The summed E-state index contributed by atoms with van der Waals surface area (Å²) < 4.78 is 6.68. The maximum Gasteiger partial charge on any atom is 0.131 e. The van der Waals surface area contributed by atoms with Crippen molar-refractivity contribution in [1.29, 1.82) is 0 Å². The molecule has 2 rings (SSSR count). The fourth-order valence-electron chi connectivity index (χ4n) is 5.30. The highest BCUT2D eigenvalue weighted by Crippen LogP contribution is 2.34. The van der Waals surface area contributed by atoms with Crippen LogP contribution in [-0.4, -0.2) is 0 Å². The Hall–Kier alpha value is -2.28. The third-order valence-electron chi connectivity index (χ3n) is 7.48. The summed E-state index contributed by atoms with van der Waals surface area (Å²) in [4.78, 5) is 0. The fourth-order valence-corrected chi connectivity index (χ4v) is 5.30. The Morgan fingerprint density at radius 2 is 0.919 bits per heavy atom. The molecule has 0 fully saturated rings. The van der Waals surface area contributed by atoms with Gasteiger partial charge in [-0.1, -0.05) is 127 Å². The Morgan fingerprint density at radius 1 is 0.541 bits per heavy atom. The van der Waals surface area contributed by atoms with Gasteiger partial charge >= 0.3 is 0 Å². The Morgan fingerprint density at radius 3 is 1.30 bits per heavy atom. The SMILES string of the molecule is C=CCc1c(CCCCCCCCC)cccc1Oc1cccc(CCCCCCCCC)c1CC=C. The van der Waals surface area contributed by atoms with Crippen molar-refractivity contribution in [3.63, 3.8) is 0 Å². The molecule has 2 aromatic rings. The molecule has 1 nitrogen and oxygen atoms in total. The quantitative estimate of drug-likeness (QED) is 0.115. The summed E-state index contributed by atoms with van der Waals surface area (Å²) in [7, 11) is 0. The minimum atomic E-state index is 0.844. The molecule has 0 unspecified atom stereocenters. The molecule has 0 spiro atoms. The van der Waals surface area contributed by atoms with E-state index in [1.54, 1.807) is 0 Å². The minimum Gasteiger partial charge on any atom is -0.457 e. The predicted octanol–water partition coefficient (Wildman–Crippen LogP) is 11.5. The maximum atomic E-state index is 6.68. The van der Waals surface area contributed by atoms with E-state index < -0.39 is 0 Å². The van der Waals surface area contributed by atoms with Crippen molar-refractivity contribution in [2.75, 3.05) is 0 Å². The van der Waals surface area contributed by atoms with Gasteiger partial charge in [0, 0.05) is 11.1 Å². The average molecular weight is 503 g/mol. The van der Waals surface area contributed by atoms with Gasteiger partial charge in [-0.3, -0.25) is 0 Å².